The summed E-state index contributed by atoms with van der Waals surface area (Å²) in [6.07, 6.45) is 4.93. The molecular weight excluding hydrogens is 350 g/mol. The van der Waals surface area contributed by atoms with Gasteiger partial charge in [0.25, 0.3) is 0 Å². The SMILES string of the molecule is Cc1ccc(-c2c(F)cc(-c3ccc(OC4CCCC4)cc3)cc2F)s1. The number of hydrogen-bond donors (Lipinski definition) is 0. The average Bonchev–Trinajstić information content (AvgIpc) is 3.27. The Bertz CT molecular complexity index is 885. The number of hydrogen-bond acceptors (Lipinski definition) is 2. The predicted octanol–water partition coefficient (Wildman–Crippen LogP) is 6.99. The van der Waals surface area contributed by atoms with Gasteiger partial charge < -0.3 is 4.74 Å². The molecule has 134 valence electrons. The van der Waals surface area contributed by atoms with Gasteiger partial charge in [-0.25, -0.2) is 8.78 Å². The van der Waals surface area contributed by atoms with E-state index in [9.17, 15) is 8.78 Å². The largest absolute Gasteiger partial charge is 0.490 e. The number of aryl methyl sites for hydroxylation is 1. The van der Waals surface area contributed by atoms with E-state index in [0.29, 0.717) is 16.5 Å². The summed E-state index contributed by atoms with van der Waals surface area (Å²) in [6.45, 7) is 1.92. The molecule has 0 amide bonds. The van der Waals surface area contributed by atoms with Crippen LogP contribution >= 0.6 is 11.3 Å². The lowest BCUT2D eigenvalue weighted by atomic mass is 10.0. The molecule has 0 radical (unpaired) electrons. The fourth-order valence-electron chi connectivity index (χ4n) is 3.47. The van der Waals surface area contributed by atoms with Crippen LogP contribution < -0.4 is 4.74 Å². The lowest BCUT2D eigenvalue weighted by molar-refractivity contribution is 0.210. The first-order chi connectivity index (χ1) is 12.6. The van der Waals surface area contributed by atoms with E-state index < -0.39 is 11.6 Å². The minimum absolute atomic E-state index is 0.0491. The summed E-state index contributed by atoms with van der Waals surface area (Å²) in [7, 11) is 0. The summed E-state index contributed by atoms with van der Waals surface area (Å²) in [5.41, 5.74) is 1.35. The Morgan fingerprint density at radius 1 is 0.885 bits per heavy atom. The van der Waals surface area contributed by atoms with Gasteiger partial charge in [-0.1, -0.05) is 12.1 Å². The molecule has 3 aromatic rings. The van der Waals surface area contributed by atoms with Crippen molar-refractivity contribution in [3.05, 3.63) is 65.0 Å². The number of benzene rings is 2. The van der Waals surface area contributed by atoms with Gasteiger partial charge in [-0.15, -0.1) is 11.3 Å². The van der Waals surface area contributed by atoms with Crippen LogP contribution in [0, 0.1) is 18.6 Å². The van der Waals surface area contributed by atoms with Crippen LogP contribution in [-0.4, -0.2) is 6.10 Å². The molecule has 0 unspecified atom stereocenters. The second-order valence-electron chi connectivity index (χ2n) is 6.77. The van der Waals surface area contributed by atoms with Crippen LogP contribution in [0.3, 0.4) is 0 Å². The van der Waals surface area contributed by atoms with Crippen LogP contribution in [0.2, 0.25) is 0 Å². The number of halogens is 2. The maximum absolute atomic E-state index is 14.6. The molecule has 0 spiro atoms. The third-order valence-electron chi connectivity index (χ3n) is 4.82. The first kappa shape index (κ1) is 17.2. The van der Waals surface area contributed by atoms with E-state index in [1.807, 2.05) is 37.3 Å². The molecule has 4 heteroatoms. The Labute approximate surface area is 156 Å². The standard InChI is InChI=1S/C22H20F2OS/c1-14-6-11-21(26-14)22-19(23)12-16(13-20(22)24)15-7-9-18(10-8-15)25-17-4-2-3-5-17/h6-13,17H,2-5H2,1H3. The molecular formula is C22H20F2OS. The molecule has 1 aliphatic rings. The van der Waals surface area contributed by atoms with Crippen LogP contribution in [0.5, 0.6) is 5.75 Å². The zero-order chi connectivity index (χ0) is 18.1. The van der Waals surface area contributed by atoms with Crippen molar-refractivity contribution in [3.63, 3.8) is 0 Å². The molecule has 26 heavy (non-hydrogen) atoms. The monoisotopic (exact) mass is 370 g/mol. The molecule has 4 rings (SSSR count). The molecule has 1 fully saturated rings. The highest BCUT2D eigenvalue weighted by molar-refractivity contribution is 7.15. The minimum atomic E-state index is -0.534. The van der Waals surface area contributed by atoms with Gasteiger partial charge in [0.05, 0.1) is 11.7 Å². The Hall–Kier alpha value is -2.20. The minimum Gasteiger partial charge on any atom is -0.490 e. The van der Waals surface area contributed by atoms with Gasteiger partial charge in [-0.2, -0.15) is 0 Å². The van der Waals surface area contributed by atoms with Gasteiger partial charge in [-0.05, 0) is 80.1 Å². The van der Waals surface area contributed by atoms with E-state index in [0.717, 1.165) is 29.0 Å². The molecule has 1 heterocycles. The van der Waals surface area contributed by atoms with E-state index in [-0.39, 0.29) is 5.56 Å². The van der Waals surface area contributed by atoms with Crippen molar-refractivity contribution in [2.24, 2.45) is 0 Å². The fourth-order valence-corrected chi connectivity index (χ4v) is 4.38. The van der Waals surface area contributed by atoms with Crippen molar-refractivity contribution < 1.29 is 13.5 Å². The van der Waals surface area contributed by atoms with Crippen molar-refractivity contribution in [1.29, 1.82) is 0 Å². The topological polar surface area (TPSA) is 9.23 Å². The van der Waals surface area contributed by atoms with E-state index in [2.05, 4.69) is 0 Å². The van der Waals surface area contributed by atoms with Crippen molar-refractivity contribution in [2.45, 2.75) is 38.7 Å². The maximum Gasteiger partial charge on any atom is 0.135 e. The average molecular weight is 370 g/mol. The summed E-state index contributed by atoms with van der Waals surface area (Å²) in [4.78, 5) is 1.64. The Morgan fingerprint density at radius 3 is 2.12 bits per heavy atom. The van der Waals surface area contributed by atoms with E-state index in [1.54, 1.807) is 6.07 Å². The molecule has 0 bridgehead atoms. The van der Waals surface area contributed by atoms with E-state index in [4.69, 9.17) is 4.74 Å². The third-order valence-corrected chi connectivity index (χ3v) is 5.84. The van der Waals surface area contributed by atoms with Crippen LogP contribution in [-0.2, 0) is 0 Å². The van der Waals surface area contributed by atoms with Gasteiger partial charge in [0, 0.05) is 9.75 Å². The highest BCUT2D eigenvalue weighted by Gasteiger charge is 2.17. The second-order valence-corrected chi connectivity index (χ2v) is 8.06. The molecule has 0 aliphatic heterocycles. The summed E-state index contributed by atoms with van der Waals surface area (Å²) in [6, 6.07) is 13.9. The second kappa shape index (κ2) is 7.20. The van der Waals surface area contributed by atoms with Crippen molar-refractivity contribution >= 4 is 11.3 Å². The van der Waals surface area contributed by atoms with Gasteiger partial charge >= 0.3 is 0 Å². The third kappa shape index (κ3) is 3.51. The lowest BCUT2D eigenvalue weighted by Gasteiger charge is -2.13. The van der Waals surface area contributed by atoms with Crippen molar-refractivity contribution in [3.8, 4) is 27.3 Å². The fraction of sp³-hybridized carbons (Fsp3) is 0.273. The van der Waals surface area contributed by atoms with Crippen LogP contribution in [0.1, 0.15) is 30.6 Å². The van der Waals surface area contributed by atoms with Gasteiger partial charge in [0.15, 0.2) is 0 Å². The first-order valence-corrected chi connectivity index (χ1v) is 9.75. The highest BCUT2D eigenvalue weighted by atomic mass is 32.1. The molecule has 1 aliphatic carbocycles. The summed E-state index contributed by atoms with van der Waals surface area (Å²) in [5, 5.41) is 0. The zero-order valence-electron chi connectivity index (χ0n) is 14.6. The van der Waals surface area contributed by atoms with Crippen molar-refractivity contribution in [1.82, 2.24) is 0 Å². The molecule has 2 aromatic carbocycles. The number of rotatable bonds is 4. The van der Waals surface area contributed by atoms with E-state index >= 15 is 0 Å². The van der Waals surface area contributed by atoms with Crippen molar-refractivity contribution in [2.75, 3.05) is 0 Å². The van der Waals surface area contributed by atoms with Crippen LogP contribution in [0.25, 0.3) is 21.6 Å². The Morgan fingerprint density at radius 2 is 1.54 bits per heavy atom. The van der Waals surface area contributed by atoms with Gasteiger partial charge in [-0.3, -0.25) is 0 Å². The molecule has 0 atom stereocenters. The molecule has 1 saturated carbocycles. The summed E-state index contributed by atoms with van der Waals surface area (Å²) in [5.74, 6) is -0.256. The van der Waals surface area contributed by atoms with Gasteiger partial charge in [0.1, 0.15) is 17.4 Å². The quantitative estimate of drug-likeness (QED) is 0.481. The Balaban J connectivity index is 1.59. The maximum atomic E-state index is 14.6. The zero-order valence-corrected chi connectivity index (χ0v) is 15.4. The molecule has 1 nitrogen and oxygen atoms in total. The normalized spacial score (nSPS) is 14.7. The number of ether oxygens (including phenoxy) is 1. The molecule has 1 aromatic heterocycles. The summed E-state index contributed by atoms with van der Waals surface area (Å²) < 4.78 is 35.1. The predicted molar refractivity (Wildman–Crippen MR) is 103 cm³/mol. The first-order valence-electron chi connectivity index (χ1n) is 8.93. The van der Waals surface area contributed by atoms with Gasteiger partial charge in [0.2, 0.25) is 0 Å². The van der Waals surface area contributed by atoms with E-state index in [1.165, 1.54) is 36.3 Å². The Kier molecular flexibility index (Phi) is 4.77. The van der Waals surface area contributed by atoms with Crippen LogP contribution in [0.4, 0.5) is 8.78 Å². The smallest absolute Gasteiger partial charge is 0.135 e. The molecule has 0 saturated heterocycles. The lowest BCUT2D eigenvalue weighted by Crippen LogP contribution is -2.10. The summed E-state index contributed by atoms with van der Waals surface area (Å²) >= 11 is 1.39. The highest BCUT2D eigenvalue weighted by Crippen LogP contribution is 2.35. The number of thiophene rings is 1. The molecule has 0 N–H and O–H groups in total. The van der Waals surface area contributed by atoms with Crippen LogP contribution in [0.15, 0.2) is 48.5 Å².